The zero-order chi connectivity index (χ0) is 12.1. The van der Waals surface area contributed by atoms with Gasteiger partial charge in [0.25, 0.3) is 0 Å². The van der Waals surface area contributed by atoms with Crippen LogP contribution in [0.25, 0.3) is 0 Å². The molecule has 0 aliphatic rings. The Labute approximate surface area is 115 Å². The summed E-state index contributed by atoms with van der Waals surface area (Å²) in [6, 6.07) is 0. The van der Waals surface area contributed by atoms with Crippen molar-refractivity contribution >= 4 is 50.2 Å². The van der Waals surface area contributed by atoms with E-state index >= 15 is 0 Å². The molecule has 0 aromatic carbocycles. The Balaban J connectivity index is 1.60. The molecule has 4 N–H and O–H groups in total. The summed E-state index contributed by atoms with van der Waals surface area (Å²) in [5.74, 6) is 2.14. The Kier molecular flexibility index (Phi) is 5.06. The number of thioether (sulfide) groups is 1. The normalized spacial score (nSPS) is 10.8. The standard InChI is InChI=1S/C8H12N6SSe2/c9-7-13-11-5(16-7)1-3-15-4-2-6-12-14-8(10)17-6/h1-4H2,(H2,9,13)(H2,10,14). The van der Waals surface area contributed by atoms with Crippen molar-refractivity contribution in [1.82, 2.24) is 20.4 Å². The summed E-state index contributed by atoms with van der Waals surface area (Å²) in [5, 5.41) is 15.8. The van der Waals surface area contributed by atoms with Gasteiger partial charge in [-0.2, -0.15) is 0 Å². The molecule has 6 nitrogen and oxygen atoms in total. The van der Waals surface area contributed by atoms with Gasteiger partial charge in [-0.3, -0.25) is 0 Å². The zero-order valence-corrected chi connectivity index (χ0v) is 13.2. The molecule has 0 saturated heterocycles. The number of hydrogen-bond acceptors (Lipinski definition) is 7. The molecule has 17 heavy (non-hydrogen) atoms. The SMILES string of the molecule is Nc1nnc(CCSCCc2nnc(N)[se]2)[se]1. The minimum absolute atomic E-state index is 0.196. The van der Waals surface area contributed by atoms with Crippen LogP contribution >= 0.6 is 11.8 Å². The molecule has 2 aromatic rings. The van der Waals surface area contributed by atoms with Crippen LogP contribution in [0.4, 0.5) is 9.38 Å². The second-order valence-corrected chi connectivity index (χ2v) is 8.99. The van der Waals surface area contributed by atoms with Gasteiger partial charge in [0.1, 0.15) is 0 Å². The number of nitrogen functional groups attached to an aromatic ring is 2. The van der Waals surface area contributed by atoms with Crippen LogP contribution in [-0.2, 0) is 12.8 Å². The molecule has 92 valence electrons. The van der Waals surface area contributed by atoms with Crippen molar-refractivity contribution in [2.24, 2.45) is 0 Å². The van der Waals surface area contributed by atoms with E-state index in [0.29, 0.717) is 9.38 Å². The van der Waals surface area contributed by atoms with E-state index in [4.69, 9.17) is 11.5 Å². The first kappa shape index (κ1) is 13.1. The molecule has 2 heterocycles. The number of aromatic nitrogens is 4. The summed E-state index contributed by atoms with van der Waals surface area (Å²) in [7, 11) is 0. The molecule has 9 heteroatoms. The van der Waals surface area contributed by atoms with E-state index in [0.717, 1.165) is 33.5 Å². The topological polar surface area (TPSA) is 104 Å². The van der Waals surface area contributed by atoms with Gasteiger partial charge in [0.15, 0.2) is 0 Å². The van der Waals surface area contributed by atoms with Gasteiger partial charge in [0.2, 0.25) is 0 Å². The molecular formula is C8H12N6SSe2. The fourth-order valence-corrected chi connectivity index (χ4v) is 5.17. The Morgan fingerprint density at radius 2 is 1.29 bits per heavy atom. The van der Waals surface area contributed by atoms with Crippen LogP contribution < -0.4 is 11.5 Å². The number of nitrogens with two attached hydrogens (primary N) is 2. The van der Waals surface area contributed by atoms with E-state index in [1.165, 1.54) is 0 Å². The molecule has 0 atom stereocenters. The van der Waals surface area contributed by atoms with Crippen molar-refractivity contribution in [3.8, 4) is 0 Å². The summed E-state index contributed by atoms with van der Waals surface area (Å²) < 4.78 is 3.68. The predicted octanol–water partition coefficient (Wildman–Crippen LogP) is -0.937. The molecular weight excluding hydrogens is 370 g/mol. The number of nitrogens with zero attached hydrogens (tertiary/aromatic N) is 4. The maximum atomic E-state index is 5.57. The van der Waals surface area contributed by atoms with Gasteiger partial charge < -0.3 is 0 Å². The number of hydrogen-bond donors (Lipinski definition) is 2. The van der Waals surface area contributed by atoms with Crippen LogP contribution in [-0.4, -0.2) is 60.9 Å². The number of rotatable bonds is 6. The van der Waals surface area contributed by atoms with Crippen molar-refractivity contribution in [1.29, 1.82) is 0 Å². The third-order valence-electron chi connectivity index (χ3n) is 1.89. The van der Waals surface area contributed by atoms with Gasteiger partial charge in [0, 0.05) is 0 Å². The van der Waals surface area contributed by atoms with Crippen molar-refractivity contribution < 1.29 is 0 Å². The summed E-state index contributed by atoms with van der Waals surface area (Å²) in [6.07, 6.45) is 1.98. The van der Waals surface area contributed by atoms with E-state index in [1.54, 1.807) is 0 Å². The van der Waals surface area contributed by atoms with Crippen LogP contribution in [0.2, 0.25) is 0 Å². The van der Waals surface area contributed by atoms with E-state index in [9.17, 15) is 0 Å². The number of aryl methyl sites for hydroxylation is 2. The molecule has 2 rings (SSSR count). The van der Waals surface area contributed by atoms with Crippen molar-refractivity contribution in [2.45, 2.75) is 12.8 Å². The second kappa shape index (κ2) is 6.56. The molecule has 0 spiro atoms. The Bertz CT molecular complexity index is 428. The minimum atomic E-state index is 0.196. The molecule has 0 radical (unpaired) electrons. The zero-order valence-electron chi connectivity index (χ0n) is 9.00. The fourth-order valence-electron chi connectivity index (χ4n) is 1.16. The third-order valence-corrected chi connectivity index (χ3v) is 6.28. The molecule has 0 aliphatic carbocycles. The molecule has 0 bridgehead atoms. The quantitative estimate of drug-likeness (QED) is 0.491. The van der Waals surface area contributed by atoms with Gasteiger partial charge >= 0.3 is 115 Å². The second-order valence-electron chi connectivity index (χ2n) is 3.18. The number of anilines is 2. The van der Waals surface area contributed by atoms with Crippen LogP contribution in [0.3, 0.4) is 0 Å². The Morgan fingerprint density at radius 1 is 0.824 bits per heavy atom. The van der Waals surface area contributed by atoms with E-state index < -0.39 is 0 Å². The monoisotopic (exact) mass is 384 g/mol. The van der Waals surface area contributed by atoms with Gasteiger partial charge in [-0.15, -0.1) is 0 Å². The maximum absolute atomic E-state index is 5.57. The molecule has 0 aliphatic heterocycles. The first-order chi connectivity index (χ1) is 8.24. The van der Waals surface area contributed by atoms with Gasteiger partial charge in [-0.05, 0) is 0 Å². The molecule has 0 fully saturated rings. The summed E-state index contributed by atoms with van der Waals surface area (Å²) >= 11 is 2.30. The predicted molar refractivity (Wildman–Crippen MR) is 71.5 cm³/mol. The third kappa shape index (κ3) is 4.44. The first-order valence-corrected chi connectivity index (χ1v) is 9.55. The molecule has 2 aromatic heterocycles. The van der Waals surface area contributed by atoms with Gasteiger partial charge in [0.05, 0.1) is 0 Å². The van der Waals surface area contributed by atoms with Crippen LogP contribution in [0.15, 0.2) is 0 Å². The van der Waals surface area contributed by atoms with Gasteiger partial charge in [-0.25, -0.2) is 0 Å². The Morgan fingerprint density at radius 3 is 1.65 bits per heavy atom. The van der Waals surface area contributed by atoms with Crippen molar-refractivity contribution in [2.75, 3.05) is 23.0 Å². The summed E-state index contributed by atoms with van der Waals surface area (Å²) in [5.41, 5.74) is 11.1. The molecule has 0 saturated carbocycles. The Hall–Kier alpha value is -0.331. The van der Waals surface area contributed by atoms with Crippen LogP contribution in [0.1, 0.15) is 9.14 Å². The van der Waals surface area contributed by atoms with E-state index in [1.807, 2.05) is 11.8 Å². The van der Waals surface area contributed by atoms with Crippen molar-refractivity contribution in [3.63, 3.8) is 0 Å². The van der Waals surface area contributed by atoms with E-state index in [2.05, 4.69) is 20.4 Å². The summed E-state index contributed by atoms with van der Waals surface area (Å²) in [6.45, 7) is 0. The van der Waals surface area contributed by atoms with Crippen LogP contribution in [0.5, 0.6) is 0 Å². The molecule has 0 amide bonds. The average molecular weight is 382 g/mol. The average Bonchev–Trinajstić information content (AvgIpc) is 2.88. The molecule has 0 unspecified atom stereocenters. The van der Waals surface area contributed by atoms with Crippen LogP contribution in [0, 0.1) is 0 Å². The van der Waals surface area contributed by atoms with E-state index in [-0.39, 0.29) is 29.0 Å². The van der Waals surface area contributed by atoms with Gasteiger partial charge in [-0.1, -0.05) is 0 Å². The van der Waals surface area contributed by atoms with Crippen molar-refractivity contribution in [3.05, 3.63) is 9.14 Å². The first-order valence-electron chi connectivity index (χ1n) is 4.97. The fraction of sp³-hybridized carbons (Fsp3) is 0.500. The summed E-state index contributed by atoms with van der Waals surface area (Å²) in [4.78, 5) is 0.